The number of fused-ring (bicyclic) bond motifs is 1. The molecule has 0 saturated carbocycles. The normalized spacial score (nSPS) is 16.1. The molecule has 0 fully saturated rings. The van der Waals surface area contributed by atoms with Gasteiger partial charge in [-0.1, -0.05) is 23.4 Å². The van der Waals surface area contributed by atoms with Crippen LogP contribution in [0.25, 0.3) is 11.0 Å². The fourth-order valence-corrected chi connectivity index (χ4v) is 4.41. The molecule has 3 aromatic rings. The average molecular weight is 429 g/mol. The first-order chi connectivity index (χ1) is 14.0. The highest BCUT2D eigenvalue weighted by molar-refractivity contribution is 8.14. The van der Waals surface area contributed by atoms with Crippen molar-refractivity contribution in [3.05, 3.63) is 58.8 Å². The summed E-state index contributed by atoms with van der Waals surface area (Å²) in [7, 11) is 0. The van der Waals surface area contributed by atoms with E-state index in [4.69, 9.17) is 20.8 Å². The molecule has 2 heterocycles. The van der Waals surface area contributed by atoms with Gasteiger partial charge >= 0.3 is 0 Å². The van der Waals surface area contributed by atoms with Gasteiger partial charge in [-0.3, -0.25) is 14.7 Å². The highest BCUT2D eigenvalue weighted by Gasteiger charge is 2.31. The van der Waals surface area contributed by atoms with Gasteiger partial charge in [0.15, 0.2) is 10.9 Å². The van der Waals surface area contributed by atoms with Crippen LogP contribution in [0, 0.1) is 6.92 Å². The molecule has 0 radical (unpaired) electrons. The molecule has 0 aliphatic carbocycles. The highest BCUT2D eigenvalue weighted by atomic mass is 35.5. The third-order valence-corrected chi connectivity index (χ3v) is 6.12. The molecular formula is C22H21ClN2O3S. The number of rotatable bonds is 4. The maximum atomic E-state index is 13.6. The molecule has 29 heavy (non-hydrogen) atoms. The van der Waals surface area contributed by atoms with Crippen molar-refractivity contribution < 1.29 is 13.9 Å². The van der Waals surface area contributed by atoms with Crippen LogP contribution in [-0.2, 0) is 0 Å². The van der Waals surface area contributed by atoms with Gasteiger partial charge in [0.2, 0.25) is 0 Å². The number of nitrogens with zero attached hydrogens (tertiary/aromatic N) is 2. The average Bonchev–Trinajstić information content (AvgIpc) is 3.27. The van der Waals surface area contributed by atoms with E-state index in [0.717, 1.165) is 22.5 Å². The molecule has 0 saturated heterocycles. The Bertz CT molecular complexity index is 1090. The molecule has 0 bridgehead atoms. The van der Waals surface area contributed by atoms with Crippen molar-refractivity contribution >= 4 is 51.1 Å². The zero-order valence-corrected chi connectivity index (χ0v) is 18.0. The van der Waals surface area contributed by atoms with E-state index in [1.165, 1.54) is 0 Å². The zero-order chi connectivity index (χ0) is 20.5. The highest BCUT2D eigenvalue weighted by Crippen LogP contribution is 2.33. The van der Waals surface area contributed by atoms with Crippen LogP contribution in [0.2, 0.25) is 5.02 Å². The topological polar surface area (TPSA) is 55.0 Å². The predicted molar refractivity (Wildman–Crippen MR) is 120 cm³/mol. The number of carbonyl (C=O) groups is 1. The summed E-state index contributed by atoms with van der Waals surface area (Å²) in [6.45, 7) is 6.44. The smallest absolute Gasteiger partial charge is 0.300 e. The first-order valence-corrected chi connectivity index (χ1v) is 10.8. The zero-order valence-electron chi connectivity index (χ0n) is 16.4. The molecule has 1 unspecified atom stereocenters. The first-order valence-electron chi connectivity index (χ1n) is 9.44. The number of amidine groups is 1. The predicted octanol–water partition coefficient (Wildman–Crippen LogP) is 5.93. The van der Waals surface area contributed by atoms with Crippen LogP contribution in [0.15, 0.2) is 51.9 Å². The van der Waals surface area contributed by atoms with Crippen LogP contribution in [0.1, 0.15) is 30.0 Å². The molecule has 1 aromatic heterocycles. The number of aryl methyl sites for hydroxylation is 1. The van der Waals surface area contributed by atoms with E-state index in [1.807, 2.05) is 51.1 Å². The van der Waals surface area contributed by atoms with Crippen molar-refractivity contribution in [3.63, 3.8) is 0 Å². The lowest BCUT2D eigenvalue weighted by Gasteiger charge is -2.21. The number of hydrogen-bond acceptors (Lipinski definition) is 5. The van der Waals surface area contributed by atoms with Crippen molar-refractivity contribution in [2.24, 2.45) is 4.99 Å². The molecule has 0 spiro atoms. The monoisotopic (exact) mass is 428 g/mol. The molecular weight excluding hydrogens is 408 g/mol. The van der Waals surface area contributed by atoms with Crippen LogP contribution >= 0.6 is 23.4 Å². The van der Waals surface area contributed by atoms with E-state index in [-0.39, 0.29) is 11.9 Å². The Kier molecular flexibility index (Phi) is 5.56. The molecule has 1 aliphatic heterocycles. The second-order valence-electron chi connectivity index (χ2n) is 6.84. The van der Waals surface area contributed by atoms with Gasteiger partial charge in [-0.2, -0.15) is 0 Å². The summed E-state index contributed by atoms with van der Waals surface area (Å²) in [6.07, 6.45) is 0. The van der Waals surface area contributed by atoms with Gasteiger partial charge < -0.3 is 9.15 Å². The van der Waals surface area contributed by atoms with Crippen LogP contribution < -0.4 is 9.64 Å². The first kappa shape index (κ1) is 19.9. The molecule has 0 N–H and O–H groups in total. The van der Waals surface area contributed by atoms with Gasteiger partial charge in [0, 0.05) is 21.7 Å². The minimum atomic E-state index is -0.251. The lowest BCUT2D eigenvalue weighted by molar-refractivity contribution is 0.0978. The van der Waals surface area contributed by atoms with Gasteiger partial charge in [0.1, 0.15) is 11.3 Å². The number of aliphatic imine (C=N–C) groups is 1. The second-order valence-corrected chi connectivity index (χ2v) is 8.26. The van der Waals surface area contributed by atoms with Crippen LogP contribution in [0.5, 0.6) is 5.75 Å². The fourth-order valence-electron chi connectivity index (χ4n) is 3.25. The summed E-state index contributed by atoms with van der Waals surface area (Å²) in [6, 6.07) is 12.9. The number of amides is 1. The van der Waals surface area contributed by atoms with E-state index in [2.05, 4.69) is 4.99 Å². The van der Waals surface area contributed by atoms with Crippen molar-refractivity contribution in [2.75, 3.05) is 17.3 Å². The van der Waals surface area contributed by atoms with Crippen molar-refractivity contribution in [1.29, 1.82) is 0 Å². The standard InChI is InChI=1S/C22H21ClN2O3S/c1-4-27-17-9-10-19-18(11-17)14(3)20(28-19)21(26)25(22-24-13(2)12-29-22)16-7-5-15(23)6-8-16/h5-11,13H,4,12H2,1-3H3. The Morgan fingerprint density at radius 2 is 2.07 bits per heavy atom. The molecule has 2 aromatic carbocycles. The molecule has 7 heteroatoms. The van der Waals surface area contributed by atoms with E-state index in [0.29, 0.717) is 33.8 Å². The van der Waals surface area contributed by atoms with E-state index in [9.17, 15) is 4.79 Å². The molecule has 150 valence electrons. The number of carbonyl (C=O) groups excluding carboxylic acids is 1. The lowest BCUT2D eigenvalue weighted by Crippen LogP contribution is -2.34. The van der Waals surface area contributed by atoms with Gasteiger partial charge in [-0.15, -0.1) is 0 Å². The van der Waals surface area contributed by atoms with Crippen molar-refractivity contribution in [3.8, 4) is 5.75 Å². The van der Waals surface area contributed by atoms with Gasteiger partial charge in [-0.25, -0.2) is 0 Å². The maximum absolute atomic E-state index is 13.6. The summed E-state index contributed by atoms with van der Waals surface area (Å²) in [4.78, 5) is 19.9. The number of furan rings is 1. The lowest BCUT2D eigenvalue weighted by atomic mass is 10.1. The minimum Gasteiger partial charge on any atom is -0.494 e. The van der Waals surface area contributed by atoms with Crippen molar-refractivity contribution in [2.45, 2.75) is 26.8 Å². The van der Waals surface area contributed by atoms with Gasteiger partial charge in [0.25, 0.3) is 5.91 Å². The number of ether oxygens (including phenoxy) is 1. The number of benzene rings is 2. The summed E-state index contributed by atoms with van der Waals surface area (Å²) < 4.78 is 11.6. The van der Waals surface area contributed by atoms with E-state index >= 15 is 0 Å². The van der Waals surface area contributed by atoms with Crippen molar-refractivity contribution in [1.82, 2.24) is 0 Å². The molecule has 1 amide bonds. The Labute approximate surface area is 178 Å². The Morgan fingerprint density at radius 1 is 1.31 bits per heavy atom. The van der Waals surface area contributed by atoms with Crippen LogP contribution in [0.3, 0.4) is 0 Å². The fraction of sp³-hybridized carbons (Fsp3) is 0.273. The number of thioether (sulfide) groups is 1. The van der Waals surface area contributed by atoms with E-state index in [1.54, 1.807) is 28.8 Å². The summed E-state index contributed by atoms with van der Waals surface area (Å²) in [5.41, 5.74) is 2.14. The Hall–Kier alpha value is -2.44. The Balaban J connectivity index is 1.79. The SMILES string of the molecule is CCOc1ccc2oc(C(=O)N(C3=NC(C)CS3)c3ccc(Cl)cc3)c(C)c2c1. The Morgan fingerprint density at radius 3 is 2.72 bits per heavy atom. The van der Waals surface area contributed by atoms with Crippen LogP contribution in [-0.4, -0.2) is 29.5 Å². The molecule has 1 aliphatic rings. The van der Waals surface area contributed by atoms with Crippen LogP contribution in [0.4, 0.5) is 5.69 Å². The molecule has 4 rings (SSSR count). The summed E-state index contributed by atoms with van der Waals surface area (Å²) in [5, 5.41) is 2.14. The molecule has 1 atom stereocenters. The summed E-state index contributed by atoms with van der Waals surface area (Å²) in [5.74, 6) is 1.64. The number of anilines is 1. The molecule has 5 nitrogen and oxygen atoms in total. The van der Waals surface area contributed by atoms with Gasteiger partial charge in [-0.05, 0) is 63.2 Å². The second kappa shape index (κ2) is 8.13. The summed E-state index contributed by atoms with van der Waals surface area (Å²) >= 11 is 7.61. The largest absolute Gasteiger partial charge is 0.494 e. The number of halogens is 1. The van der Waals surface area contributed by atoms with E-state index < -0.39 is 0 Å². The quantitative estimate of drug-likeness (QED) is 0.516. The third-order valence-electron chi connectivity index (χ3n) is 4.68. The van der Waals surface area contributed by atoms with Gasteiger partial charge in [0.05, 0.1) is 18.3 Å². The maximum Gasteiger partial charge on any atom is 0.300 e. The minimum absolute atomic E-state index is 0.156. The number of hydrogen-bond donors (Lipinski definition) is 0. The third kappa shape index (κ3) is 3.87.